The van der Waals surface area contributed by atoms with Crippen molar-refractivity contribution in [1.29, 1.82) is 0 Å². The van der Waals surface area contributed by atoms with Crippen LogP contribution in [0.3, 0.4) is 0 Å². The zero-order valence-electron chi connectivity index (χ0n) is 26.5. The fourth-order valence-corrected chi connectivity index (χ4v) is 6.19. The van der Waals surface area contributed by atoms with Gasteiger partial charge in [0.2, 0.25) is 5.91 Å². The second-order valence-corrected chi connectivity index (χ2v) is 12.6. The van der Waals surface area contributed by atoms with Crippen LogP contribution in [0.4, 0.5) is 23.8 Å². The lowest BCUT2D eigenvalue weighted by atomic mass is 10.0. The normalized spacial score (nSPS) is 21.3. The van der Waals surface area contributed by atoms with Crippen molar-refractivity contribution in [2.45, 2.75) is 45.8 Å². The first-order valence-electron chi connectivity index (χ1n) is 15.8. The zero-order chi connectivity index (χ0) is 34.0. The molecule has 3 fully saturated rings. The van der Waals surface area contributed by atoms with Gasteiger partial charge >= 0.3 is 18.2 Å². The van der Waals surface area contributed by atoms with Gasteiger partial charge in [0, 0.05) is 50.9 Å². The van der Waals surface area contributed by atoms with Crippen LogP contribution in [0.25, 0.3) is 11.4 Å². The van der Waals surface area contributed by atoms with Crippen molar-refractivity contribution in [2.75, 3.05) is 50.8 Å². The number of carboxylic acids is 1. The van der Waals surface area contributed by atoms with Crippen LogP contribution in [0.15, 0.2) is 30.3 Å². The van der Waals surface area contributed by atoms with Crippen LogP contribution in [0.5, 0.6) is 0 Å². The van der Waals surface area contributed by atoms with Gasteiger partial charge in [-0.3, -0.25) is 14.4 Å². The van der Waals surface area contributed by atoms with Crippen molar-refractivity contribution in [1.82, 2.24) is 25.1 Å². The smallest absolute Gasteiger partial charge is 0.416 e. The number of nitrogens with zero attached hydrogens (tertiary/aromatic N) is 5. The molecular weight excluding hydrogens is 621 g/mol. The lowest BCUT2D eigenvalue weighted by molar-refractivity contribution is -0.139. The number of halogens is 3. The van der Waals surface area contributed by atoms with E-state index in [1.807, 2.05) is 11.8 Å². The monoisotopic (exact) mass is 660 g/mol. The van der Waals surface area contributed by atoms with Gasteiger partial charge in [-0.15, -0.1) is 0 Å². The summed E-state index contributed by atoms with van der Waals surface area (Å²) in [6.07, 6.45) is -3.38. The molecule has 2 saturated heterocycles. The van der Waals surface area contributed by atoms with Gasteiger partial charge in [-0.05, 0) is 36.3 Å². The van der Waals surface area contributed by atoms with Gasteiger partial charge in [0.25, 0.3) is 5.91 Å². The van der Waals surface area contributed by atoms with Crippen molar-refractivity contribution in [3.05, 3.63) is 41.6 Å². The molecule has 3 amide bonds. The molecule has 0 bridgehead atoms. The van der Waals surface area contributed by atoms with E-state index in [1.54, 1.807) is 23.6 Å². The number of anilines is 1. The number of carbonyl (C=O) groups excluding carboxylic acids is 3. The Hall–Kier alpha value is -4.43. The molecule has 2 aliphatic heterocycles. The van der Waals surface area contributed by atoms with Crippen LogP contribution in [0, 0.1) is 23.7 Å². The van der Waals surface area contributed by atoms with E-state index in [0.717, 1.165) is 25.0 Å². The second kappa shape index (κ2) is 13.7. The first kappa shape index (κ1) is 33.9. The van der Waals surface area contributed by atoms with Gasteiger partial charge in [0.05, 0.1) is 18.1 Å². The SMILES string of the molecule is CCCCOC(=O)N1CCN(C(=O)[C@@H](NC(=O)c2cc(N3CC4C(C3)C4C(=O)O)nc(-c3cccc(C(F)(F)F)c3)n2)C(C)C)CC1. The van der Waals surface area contributed by atoms with E-state index in [9.17, 15) is 37.5 Å². The molecule has 15 heteroatoms. The zero-order valence-corrected chi connectivity index (χ0v) is 26.5. The third-order valence-electron chi connectivity index (χ3n) is 8.99. The van der Waals surface area contributed by atoms with Crippen LogP contribution in [0.2, 0.25) is 0 Å². The average molecular weight is 661 g/mol. The molecule has 1 saturated carbocycles. The van der Waals surface area contributed by atoms with Crippen molar-refractivity contribution in [3.8, 4) is 11.4 Å². The first-order chi connectivity index (χ1) is 22.3. The molecule has 3 aliphatic rings. The molecule has 1 aromatic carbocycles. The molecule has 0 radical (unpaired) electrons. The largest absolute Gasteiger partial charge is 0.481 e. The Morgan fingerprint density at radius 1 is 1.02 bits per heavy atom. The van der Waals surface area contributed by atoms with E-state index < -0.39 is 41.7 Å². The number of hydrogen-bond acceptors (Lipinski definition) is 8. The maximum Gasteiger partial charge on any atom is 0.416 e. The number of aromatic nitrogens is 2. The van der Waals surface area contributed by atoms with Gasteiger partial charge in [0.1, 0.15) is 17.6 Å². The van der Waals surface area contributed by atoms with E-state index in [1.165, 1.54) is 18.2 Å². The molecule has 1 aromatic heterocycles. The molecule has 5 rings (SSSR count). The molecule has 47 heavy (non-hydrogen) atoms. The Labute approximate surface area is 270 Å². The summed E-state index contributed by atoms with van der Waals surface area (Å²) < 4.78 is 45.8. The van der Waals surface area contributed by atoms with Crippen LogP contribution in [0.1, 0.15) is 49.7 Å². The van der Waals surface area contributed by atoms with Gasteiger partial charge in [-0.2, -0.15) is 13.2 Å². The molecule has 3 heterocycles. The lowest BCUT2D eigenvalue weighted by Crippen LogP contribution is -2.57. The highest BCUT2D eigenvalue weighted by molar-refractivity contribution is 5.97. The van der Waals surface area contributed by atoms with Crippen molar-refractivity contribution in [2.24, 2.45) is 23.7 Å². The first-order valence-corrected chi connectivity index (χ1v) is 15.8. The number of piperidine rings is 1. The molecular formula is C32H39F3N6O6. The fraction of sp³-hybridized carbons (Fsp3) is 0.562. The summed E-state index contributed by atoms with van der Waals surface area (Å²) in [6.45, 7) is 7.70. The second-order valence-electron chi connectivity index (χ2n) is 12.6. The number of fused-ring (bicyclic) bond motifs is 1. The van der Waals surface area contributed by atoms with Crippen LogP contribution < -0.4 is 10.2 Å². The highest BCUT2D eigenvalue weighted by Crippen LogP contribution is 2.52. The lowest BCUT2D eigenvalue weighted by Gasteiger charge is -2.36. The standard InChI is InChI=1S/C32H39F3N6O6/c1-4-5-13-47-31(46)40-11-9-39(10-12-40)29(43)26(18(2)3)38-28(42)23-15-24(41-16-21-22(17-41)25(21)30(44)45)37-27(36-23)19-7-6-8-20(14-19)32(33,34)35/h6-8,14-15,18,21-22,25-26H,4-5,9-13,16-17H2,1-3H3,(H,38,42)(H,44,45)/t21?,22?,25?,26-/m0/s1. The summed E-state index contributed by atoms with van der Waals surface area (Å²) in [5.41, 5.74) is -0.997. The summed E-state index contributed by atoms with van der Waals surface area (Å²) in [7, 11) is 0. The van der Waals surface area contributed by atoms with Crippen molar-refractivity contribution < 1.29 is 42.2 Å². The van der Waals surface area contributed by atoms with Gasteiger partial charge < -0.3 is 29.9 Å². The minimum absolute atomic E-state index is 0.0473. The van der Waals surface area contributed by atoms with Gasteiger partial charge in [0.15, 0.2) is 5.82 Å². The number of unbranched alkanes of at least 4 members (excludes halogenated alkanes) is 1. The number of nitrogens with one attached hydrogen (secondary N) is 1. The van der Waals surface area contributed by atoms with E-state index in [4.69, 9.17) is 4.74 Å². The molecule has 2 unspecified atom stereocenters. The summed E-state index contributed by atoms with van der Waals surface area (Å²) in [4.78, 5) is 64.8. The Bertz CT molecular complexity index is 1500. The van der Waals surface area contributed by atoms with Crippen molar-refractivity contribution in [3.63, 3.8) is 0 Å². The minimum atomic E-state index is -4.61. The third kappa shape index (κ3) is 7.60. The van der Waals surface area contributed by atoms with Crippen LogP contribution in [-0.2, 0) is 20.5 Å². The van der Waals surface area contributed by atoms with E-state index in [2.05, 4.69) is 15.3 Å². The number of carboxylic acid groups (broad SMARTS) is 1. The predicted molar refractivity (Wildman–Crippen MR) is 163 cm³/mol. The number of hydrogen-bond donors (Lipinski definition) is 2. The molecule has 3 atom stereocenters. The number of ether oxygens (including phenoxy) is 1. The third-order valence-corrected chi connectivity index (χ3v) is 8.99. The quantitative estimate of drug-likeness (QED) is 0.364. The Morgan fingerprint density at radius 3 is 2.28 bits per heavy atom. The predicted octanol–water partition coefficient (Wildman–Crippen LogP) is 3.76. The summed E-state index contributed by atoms with van der Waals surface area (Å²) in [6, 6.07) is 4.94. The molecule has 2 aromatic rings. The number of rotatable bonds is 10. The summed E-state index contributed by atoms with van der Waals surface area (Å²) in [5, 5.41) is 12.2. The van der Waals surface area contributed by atoms with Gasteiger partial charge in [-0.25, -0.2) is 14.8 Å². The number of piperazine rings is 1. The van der Waals surface area contributed by atoms with E-state index in [-0.39, 0.29) is 72.7 Å². The van der Waals surface area contributed by atoms with E-state index >= 15 is 0 Å². The van der Waals surface area contributed by atoms with Crippen LogP contribution in [-0.4, -0.2) is 101 Å². The molecule has 0 spiro atoms. The van der Waals surface area contributed by atoms with Crippen LogP contribution >= 0.6 is 0 Å². The molecule has 2 N–H and O–H groups in total. The Kier molecular flexibility index (Phi) is 9.92. The molecule has 254 valence electrons. The Morgan fingerprint density at radius 2 is 1.68 bits per heavy atom. The number of benzene rings is 1. The fourth-order valence-electron chi connectivity index (χ4n) is 6.19. The number of carbonyl (C=O) groups is 4. The molecule has 1 aliphatic carbocycles. The van der Waals surface area contributed by atoms with E-state index in [0.29, 0.717) is 19.7 Å². The highest BCUT2D eigenvalue weighted by Gasteiger charge is 2.60. The number of alkyl halides is 3. The maximum absolute atomic E-state index is 13.7. The Balaban J connectivity index is 1.34. The number of amides is 3. The number of aliphatic carboxylic acids is 1. The van der Waals surface area contributed by atoms with Gasteiger partial charge in [-0.1, -0.05) is 39.3 Å². The summed E-state index contributed by atoms with van der Waals surface area (Å²) >= 11 is 0. The highest BCUT2D eigenvalue weighted by atomic mass is 19.4. The minimum Gasteiger partial charge on any atom is -0.481 e. The van der Waals surface area contributed by atoms with Crippen molar-refractivity contribution >= 4 is 29.7 Å². The average Bonchev–Trinajstić information content (AvgIpc) is 3.56. The topological polar surface area (TPSA) is 145 Å². The molecule has 12 nitrogen and oxygen atoms in total. The summed E-state index contributed by atoms with van der Waals surface area (Å²) in [5.74, 6) is -2.69. The maximum atomic E-state index is 13.7.